The van der Waals surface area contributed by atoms with Gasteiger partial charge in [0, 0.05) is 58.7 Å². The van der Waals surface area contributed by atoms with Crippen LogP contribution in [0, 0.1) is 5.92 Å². The van der Waals surface area contributed by atoms with E-state index < -0.39 is 0 Å². The van der Waals surface area contributed by atoms with Crippen LogP contribution in [-0.2, 0) is 4.74 Å². The molecule has 0 aromatic heterocycles. The van der Waals surface area contributed by atoms with Gasteiger partial charge in [-0.25, -0.2) is 0 Å². The molecule has 0 spiro atoms. The number of nitrogens with one attached hydrogen (secondary N) is 1. The van der Waals surface area contributed by atoms with E-state index in [1.807, 2.05) is 19.2 Å². The van der Waals surface area contributed by atoms with Gasteiger partial charge in [0.15, 0.2) is 5.96 Å². The van der Waals surface area contributed by atoms with E-state index in [2.05, 4.69) is 32.2 Å². The highest BCUT2D eigenvalue weighted by Gasteiger charge is 2.21. The summed E-state index contributed by atoms with van der Waals surface area (Å²) in [5.74, 6) is 2.75. The fraction of sp³-hybridized carbons (Fsp3) is 0.650. The molecular weight excluding hydrogens is 455 g/mol. The van der Waals surface area contributed by atoms with Gasteiger partial charge in [-0.3, -0.25) is 4.99 Å². The second kappa shape index (κ2) is 11.6. The van der Waals surface area contributed by atoms with Crippen molar-refractivity contribution in [1.29, 1.82) is 0 Å². The van der Waals surface area contributed by atoms with E-state index in [-0.39, 0.29) is 24.0 Å². The number of benzene rings is 1. The maximum atomic E-state index is 5.69. The summed E-state index contributed by atoms with van der Waals surface area (Å²) in [6, 6.07) is 8.30. The SMILES string of the molecule is CN=C(NCCCOCC1CC1)N1CCN(c2ccc(OC)cc2)CC1.I. The van der Waals surface area contributed by atoms with E-state index >= 15 is 0 Å². The van der Waals surface area contributed by atoms with Gasteiger partial charge in [0.2, 0.25) is 0 Å². The predicted molar refractivity (Wildman–Crippen MR) is 122 cm³/mol. The first-order valence-electron chi connectivity index (χ1n) is 9.72. The number of ether oxygens (including phenoxy) is 2. The zero-order chi connectivity index (χ0) is 18.2. The first-order chi connectivity index (χ1) is 12.8. The lowest BCUT2D eigenvalue weighted by atomic mass is 10.2. The highest BCUT2D eigenvalue weighted by atomic mass is 127. The first-order valence-corrected chi connectivity index (χ1v) is 9.72. The van der Waals surface area contributed by atoms with Crippen LogP contribution >= 0.6 is 24.0 Å². The Morgan fingerprint density at radius 3 is 2.44 bits per heavy atom. The lowest BCUT2D eigenvalue weighted by Crippen LogP contribution is -2.52. The molecule has 1 saturated heterocycles. The van der Waals surface area contributed by atoms with Crippen molar-refractivity contribution in [1.82, 2.24) is 10.2 Å². The van der Waals surface area contributed by atoms with Gasteiger partial charge in [-0.05, 0) is 49.4 Å². The average molecular weight is 488 g/mol. The van der Waals surface area contributed by atoms with Gasteiger partial charge in [0.05, 0.1) is 7.11 Å². The second-order valence-corrected chi connectivity index (χ2v) is 7.02. The second-order valence-electron chi connectivity index (χ2n) is 7.02. The van der Waals surface area contributed by atoms with Gasteiger partial charge < -0.3 is 24.6 Å². The van der Waals surface area contributed by atoms with Crippen molar-refractivity contribution in [2.45, 2.75) is 19.3 Å². The van der Waals surface area contributed by atoms with E-state index in [9.17, 15) is 0 Å². The third kappa shape index (κ3) is 7.03. The van der Waals surface area contributed by atoms with E-state index in [1.165, 1.54) is 18.5 Å². The standard InChI is InChI=1S/C20H32N4O2.HI/c1-21-20(22-10-3-15-26-16-17-4-5-17)24-13-11-23(12-14-24)18-6-8-19(25-2)9-7-18;/h6-9,17H,3-5,10-16H2,1-2H3,(H,21,22);1H. The Morgan fingerprint density at radius 2 is 1.85 bits per heavy atom. The van der Waals surface area contributed by atoms with E-state index in [0.717, 1.165) is 70.0 Å². The zero-order valence-corrected chi connectivity index (χ0v) is 18.9. The Balaban J connectivity index is 0.00000261. The van der Waals surface area contributed by atoms with Crippen LogP contribution in [0.5, 0.6) is 5.75 Å². The minimum Gasteiger partial charge on any atom is -0.497 e. The molecule has 1 aromatic rings. The summed E-state index contributed by atoms with van der Waals surface area (Å²) in [5.41, 5.74) is 1.25. The number of rotatable bonds is 8. The zero-order valence-electron chi connectivity index (χ0n) is 16.5. The number of hydrogen-bond acceptors (Lipinski definition) is 4. The lowest BCUT2D eigenvalue weighted by molar-refractivity contribution is 0.122. The van der Waals surface area contributed by atoms with Crippen LogP contribution in [0.15, 0.2) is 29.3 Å². The molecule has 1 saturated carbocycles. The summed E-state index contributed by atoms with van der Waals surface area (Å²) in [4.78, 5) is 9.19. The third-order valence-electron chi connectivity index (χ3n) is 5.03. The van der Waals surface area contributed by atoms with Crippen LogP contribution in [-0.4, -0.2) is 71.0 Å². The maximum Gasteiger partial charge on any atom is 0.193 e. The topological polar surface area (TPSA) is 49.3 Å². The van der Waals surface area contributed by atoms with Gasteiger partial charge in [-0.2, -0.15) is 0 Å². The molecule has 3 rings (SSSR count). The van der Waals surface area contributed by atoms with Crippen LogP contribution in [0.4, 0.5) is 5.69 Å². The summed E-state index contributed by atoms with van der Waals surface area (Å²) in [5, 5.41) is 3.47. The number of guanidine groups is 1. The van der Waals surface area contributed by atoms with E-state index in [1.54, 1.807) is 7.11 Å². The molecule has 2 fully saturated rings. The predicted octanol–water partition coefficient (Wildman–Crippen LogP) is 2.83. The lowest BCUT2D eigenvalue weighted by Gasteiger charge is -2.37. The minimum atomic E-state index is 0. The Bertz CT molecular complexity index is 570. The molecule has 7 heteroatoms. The summed E-state index contributed by atoms with van der Waals surface area (Å²) in [6.07, 6.45) is 3.73. The Kier molecular flexibility index (Phi) is 9.47. The van der Waals surface area contributed by atoms with Crippen molar-refractivity contribution < 1.29 is 9.47 Å². The molecule has 27 heavy (non-hydrogen) atoms. The summed E-state index contributed by atoms with van der Waals surface area (Å²) >= 11 is 0. The van der Waals surface area contributed by atoms with Crippen molar-refractivity contribution >= 4 is 35.6 Å². The average Bonchev–Trinajstić information content (AvgIpc) is 3.52. The largest absolute Gasteiger partial charge is 0.497 e. The van der Waals surface area contributed by atoms with Crippen molar-refractivity contribution in [3.8, 4) is 5.75 Å². The van der Waals surface area contributed by atoms with Crippen LogP contribution in [0.2, 0.25) is 0 Å². The minimum absolute atomic E-state index is 0. The molecule has 0 bridgehead atoms. The molecule has 2 aliphatic rings. The maximum absolute atomic E-state index is 5.69. The van der Waals surface area contributed by atoms with Crippen LogP contribution in [0.1, 0.15) is 19.3 Å². The Labute approximate surface area is 180 Å². The summed E-state index contributed by atoms with van der Waals surface area (Å²) in [6.45, 7) is 6.65. The van der Waals surface area contributed by atoms with Crippen molar-refractivity contribution in [2.75, 3.05) is 65.0 Å². The van der Waals surface area contributed by atoms with Crippen molar-refractivity contribution in [3.63, 3.8) is 0 Å². The molecule has 152 valence electrons. The summed E-state index contributed by atoms with van der Waals surface area (Å²) in [7, 11) is 3.56. The smallest absolute Gasteiger partial charge is 0.193 e. The molecule has 0 unspecified atom stereocenters. The number of halogens is 1. The van der Waals surface area contributed by atoms with Gasteiger partial charge >= 0.3 is 0 Å². The van der Waals surface area contributed by atoms with Crippen LogP contribution in [0.3, 0.4) is 0 Å². The van der Waals surface area contributed by atoms with E-state index in [0.29, 0.717) is 0 Å². The monoisotopic (exact) mass is 488 g/mol. The molecule has 1 N–H and O–H groups in total. The molecule has 0 atom stereocenters. The fourth-order valence-electron chi connectivity index (χ4n) is 3.21. The number of anilines is 1. The molecule has 0 radical (unpaired) electrons. The Morgan fingerprint density at radius 1 is 1.15 bits per heavy atom. The highest BCUT2D eigenvalue weighted by molar-refractivity contribution is 14.0. The van der Waals surface area contributed by atoms with Gasteiger partial charge in [0.25, 0.3) is 0 Å². The number of piperazine rings is 1. The Hall–Kier alpha value is -1.22. The van der Waals surface area contributed by atoms with Gasteiger partial charge in [0.1, 0.15) is 5.75 Å². The third-order valence-corrected chi connectivity index (χ3v) is 5.03. The quantitative estimate of drug-likeness (QED) is 0.264. The number of nitrogens with zero attached hydrogens (tertiary/aromatic N) is 3. The van der Waals surface area contributed by atoms with Crippen molar-refractivity contribution in [2.24, 2.45) is 10.9 Å². The number of methoxy groups -OCH3 is 1. The van der Waals surface area contributed by atoms with Gasteiger partial charge in [-0.15, -0.1) is 24.0 Å². The highest BCUT2D eigenvalue weighted by Crippen LogP contribution is 2.28. The van der Waals surface area contributed by atoms with E-state index in [4.69, 9.17) is 9.47 Å². The fourth-order valence-corrected chi connectivity index (χ4v) is 3.21. The molecule has 1 aliphatic carbocycles. The number of aliphatic imine (C=N–C) groups is 1. The number of hydrogen-bond donors (Lipinski definition) is 1. The first kappa shape index (κ1) is 22.1. The normalized spacial score (nSPS) is 17.5. The molecule has 1 aliphatic heterocycles. The molecule has 0 amide bonds. The van der Waals surface area contributed by atoms with Crippen molar-refractivity contribution in [3.05, 3.63) is 24.3 Å². The molecular formula is C20H33IN4O2. The van der Waals surface area contributed by atoms with Crippen LogP contribution < -0.4 is 15.0 Å². The molecule has 1 aromatic carbocycles. The van der Waals surface area contributed by atoms with Crippen LogP contribution in [0.25, 0.3) is 0 Å². The van der Waals surface area contributed by atoms with Gasteiger partial charge in [-0.1, -0.05) is 0 Å². The molecule has 1 heterocycles. The summed E-state index contributed by atoms with van der Waals surface area (Å²) < 4.78 is 10.9. The molecule has 6 nitrogen and oxygen atoms in total.